The zero-order chi connectivity index (χ0) is 18.4. The number of alkyl halides is 3. The maximum absolute atomic E-state index is 13.9. The van der Waals surface area contributed by atoms with Gasteiger partial charge in [-0.15, -0.1) is 11.3 Å². The lowest BCUT2D eigenvalue weighted by Crippen LogP contribution is -2.42. The number of rotatable bonds is 3. The van der Waals surface area contributed by atoms with Gasteiger partial charge >= 0.3 is 6.18 Å². The van der Waals surface area contributed by atoms with Crippen molar-refractivity contribution in [3.8, 4) is 0 Å². The van der Waals surface area contributed by atoms with Gasteiger partial charge in [-0.25, -0.2) is 0 Å². The molecule has 2 aromatic rings. The second-order valence-corrected chi connectivity index (χ2v) is 7.72. The fraction of sp³-hybridized carbons (Fsp3) is 0.312. The SMILES string of the molecule is Cc1cc(C2=NOC(c3cc(Cl)cc(Cl)c3)(C(F)(F)F)C2)sc1CN. The quantitative estimate of drug-likeness (QED) is 0.738. The highest BCUT2D eigenvalue weighted by Gasteiger charge is 2.62. The first-order chi connectivity index (χ1) is 11.7. The minimum absolute atomic E-state index is 0.0977. The molecule has 1 atom stereocenters. The molecule has 3 nitrogen and oxygen atoms in total. The zero-order valence-corrected chi connectivity index (χ0v) is 15.3. The molecule has 1 aromatic heterocycles. The molecule has 0 saturated heterocycles. The van der Waals surface area contributed by atoms with E-state index in [-0.39, 0.29) is 21.3 Å². The molecule has 0 aliphatic carbocycles. The molecule has 1 aliphatic rings. The lowest BCUT2D eigenvalue weighted by atomic mass is 9.88. The van der Waals surface area contributed by atoms with Crippen LogP contribution < -0.4 is 5.73 Å². The summed E-state index contributed by atoms with van der Waals surface area (Å²) < 4.78 is 41.7. The van der Waals surface area contributed by atoms with Crippen molar-refractivity contribution in [2.75, 3.05) is 0 Å². The summed E-state index contributed by atoms with van der Waals surface area (Å²) in [4.78, 5) is 6.48. The summed E-state index contributed by atoms with van der Waals surface area (Å²) in [6.07, 6.45) is -5.16. The lowest BCUT2D eigenvalue weighted by Gasteiger charge is -2.29. The van der Waals surface area contributed by atoms with Gasteiger partial charge in [0.25, 0.3) is 5.60 Å². The molecule has 3 rings (SSSR count). The average molecular weight is 409 g/mol. The summed E-state index contributed by atoms with van der Waals surface area (Å²) in [6.45, 7) is 2.17. The predicted octanol–water partition coefficient (Wildman–Crippen LogP) is 5.40. The second kappa shape index (κ2) is 6.46. The van der Waals surface area contributed by atoms with E-state index in [9.17, 15) is 13.2 Å². The van der Waals surface area contributed by atoms with Crippen molar-refractivity contribution in [2.45, 2.75) is 31.7 Å². The van der Waals surface area contributed by atoms with Crippen LogP contribution in [0.25, 0.3) is 0 Å². The van der Waals surface area contributed by atoms with Crippen LogP contribution in [0.15, 0.2) is 29.4 Å². The van der Waals surface area contributed by atoms with Crippen LogP contribution in [-0.4, -0.2) is 11.9 Å². The Labute approximate surface area is 156 Å². The van der Waals surface area contributed by atoms with Crippen LogP contribution in [0, 0.1) is 6.92 Å². The first-order valence-electron chi connectivity index (χ1n) is 7.24. The van der Waals surface area contributed by atoms with E-state index in [0.29, 0.717) is 11.4 Å². The minimum Gasteiger partial charge on any atom is -0.374 e. The molecule has 9 heteroatoms. The molecule has 0 fully saturated rings. The number of oxime groups is 1. The Hall–Kier alpha value is -1.28. The van der Waals surface area contributed by atoms with Crippen LogP contribution in [0.3, 0.4) is 0 Å². The molecule has 1 aliphatic heterocycles. The van der Waals surface area contributed by atoms with Crippen molar-refractivity contribution >= 4 is 40.3 Å². The summed E-state index contributed by atoms with van der Waals surface area (Å²) in [5.74, 6) is 0. The number of hydrogen-bond acceptors (Lipinski definition) is 4. The first-order valence-corrected chi connectivity index (χ1v) is 8.81. The zero-order valence-electron chi connectivity index (χ0n) is 13.0. The third-order valence-electron chi connectivity index (χ3n) is 4.01. The Bertz CT molecular complexity index is 830. The minimum atomic E-state index is -4.70. The van der Waals surface area contributed by atoms with Gasteiger partial charge in [0.15, 0.2) is 0 Å². The maximum Gasteiger partial charge on any atom is 0.435 e. The number of halogens is 5. The molecular weight excluding hydrogens is 396 g/mol. The van der Waals surface area contributed by atoms with Gasteiger partial charge in [0, 0.05) is 27.0 Å². The Morgan fingerprint density at radius 3 is 2.40 bits per heavy atom. The van der Waals surface area contributed by atoms with E-state index >= 15 is 0 Å². The molecule has 0 radical (unpaired) electrons. The Kier molecular flexibility index (Phi) is 4.79. The Balaban J connectivity index is 2.03. The number of aryl methyl sites for hydroxylation is 1. The Morgan fingerprint density at radius 1 is 1.24 bits per heavy atom. The van der Waals surface area contributed by atoms with Gasteiger partial charge < -0.3 is 10.6 Å². The third kappa shape index (κ3) is 3.26. The van der Waals surface area contributed by atoms with Crippen molar-refractivity contribution < 1.29 is 18.0 Å². The molecule has 1 unspecified atom stereocenters. The molecule has 25 heavy (non-hydrogen) atoms. The van der Waals surface area contributed by atoms with Gasteiger partial charge in [0.05, 0.1) is 11.3 Å². The molecule has 1 aromatic carbocycles. The second-order valence-electron chi connectivity index (χ2n) is 5.71. The topological polar surface area (TPSA) is 47.6 Å². The van der Waals surface area contributed by atoms with Crippen molar-refractivity contribution in [2.24, 2.45) is 10.9 Å². The van der Waals surface area contributed by atoms with Gasteiger partial charge in [0.1, 0.15) is 5.71 Å². The van der Waals surface area contributed by atoms with Crippen LogP contribution in [0.1, 0.15) is 27.3 Å². The highest BCUT2D eigenvalue weighted by Crippen LogP contribution is 2.50. The predicted molar refractivity (Wildman–Crippen MR) is 93.4 cm³/mol. The molecule has 0 spiro atoms. The van der Waals surface area contributed by atoms with Gasteiger partial charge in [-0.1, -0.05) is 28.4 Å². The van der Waals surface area contributed by atoms with Crippen LogP contribution in [0.5, 0.6) is 0 Å². The van der Waals surface area contributed by atoms with E-state index in [0.717, 1.165) is 10.4 Å². The Morgan fingerprint density at radius 2 is 1.88 bits per heavy atom. The van der Waals surface area contributed by atoms with Crippen molar-refractivity contribution in [1.29, 1.82) is 0 Å². The number of benzene rings is 1. The molecule has 2 heterocycles. The summed E-state index contributed by atoms with van der Waals surface area (Å²) >= 11 is 13.1. The van der Waals surface area contributed by atoms with Crippen molar-refractivity contribution in [3.63, 3.8) is 0 Å². The average Bonchev–Trinajstić information content (AvgIpc) is 3.10. The van der Waals surface area contributed by atoms with Crippen molar-refractivity contribution in [1.82, 2.24) is 0 Å². The number of nitrogens with two attached hydrogens (primary N) is 1. The van der Waals surface area contributed by atoms with Crippen LogP contribution in [-0.2, 0) is 17.0 Å². The van der Waals surface area contributed by atoms with Gasteiger partial charge in [-0.05, 0) is 36.8 Å². The fourth-order valence-electron chi connectivity index (χ4n) is 2.69. The highest BCUT2D eigenvalue weighted by atomic mass is 35.5. The molecule has 0 bridgehead atoms. The first kappa shape index (κ1) is 18.5. The molecular formula is C16H13Cl2F3N2OS. The summed E-state index contributed by atoms with van der Waals surface area (Å²) in [5.41, 5.74) is 3.99. The summed E-state index contributed by atoms with van der Waals surface area (Å²) in [6, 6.07) is 5.53. The standard InChI is InChI=1S/C16H13Cl2F3N2OS/c1-8-2-13(25-14(8)7-22)12-6-15(24-23-12,16(19,20)21)9-3-10(17)5-11(18)4-9/h2-5H,6-7,22H2,1H3. The van der Waals surface area contributed by atoms with Crippen LogP contribution in [0.4, 0.5) is 13.2 Å². The lowest BCUT2D eigenvalue weighted by molar-refractivity contribution is -0.275. The molecule has 0 amide bonds. The van der Waals surface area contributed by atoms with Gasteiger partial charge in [0.2, 0.25) is 0 Å². The summed E-state index contributed by atoms with van der Waals surface area (Å²) in [7, 11) is 0. The van der Waals surface area contributed by atoms with E-state index in [4.69, 9.17) is 33.8 Å². The van der Waals surface area contributed by atoms with E-state index in [1.807, 2.05) is 6.92 Å². The number of nitrogens with zero attached hydrogens (tertiary/aromatic N) is 1. The van der Waals surface area contributed by atoms with E-state index in [1.165, 1.54) is 29.5 Å². The van der Waals surface area contributed by atoms with E-state index < -0.39 is 18.2 Å². The smallest absolute Gasteiger partial charge is 0.374 e. The molecule has 2 N–H and O–H groups in total. The molecule has 134 valence electrons. The monoisotopic (exact) mass is 408 g/mol. The third-order valence-corrected chi connectivity index (χ3v) is 5.75. The van der Waals surface area contributed by atoms with E-state index in [2.05, 4.69) is 5.16 Å². The van der Waals surface area contributed by atoms with Gasteiger partial charge in [-0.2, -0.15) is 13.2 Å². The normalized spacial score (nSPS) is 20.5. The highest BCUT2D eigenvalue weighted by molar-refractivity contribution is 7.14. The van der Waals surface area contributed by atoms with Crippen LogP contribution in [0.2, 0.25) is 10.0 Å². The number of thiophene rings is 1. The molecule has 0 saturated carbocycles. The number of hydrogen-bond donors (Lipinski definition) is 1. The fourth-order valence-corrected chi connectivity index (χ4v) is 4.25. The van der Waals surface area contributed by atoms with Crippen molar-refractivity contribution in [3.05, 3.63) is 55.2 Å². The van der Waals surface area contributed by atoms with E-state index in [1.54, 1.807) is 6.07 Å². The largest absolute Gasteiger partial charge is 0.435 e. The summed E-state index contributed by atoms with van der Waals surface area (Å²) in [5, 5.41) is 3.93. The van der Waals surface area contributed by atoms with Gasteiger partial charge in [-0.3, -0.25) is 0 Å². The maximum atomic E-state index is 13.9. The van der Waals surface area contributed by atoms with Crippen LogP contribution >= 0.6 is 34.5 Å².